The zero-order chi connectivity index (χ0) is 12.8. The standard InChI is InChI=1S/C15H21NO/c1-10(2)16-13-8-11(3)6-7-12(13)9-14(16)15(4,5)17/h6-10,17H,1-5H3. The number of benzene rings is 1. The lowest BCUT2D eigenvalue weighted by Crippen LogP contribution is -2.21. The van der Waals surface area contributed by atoms with Crippen molar-refractivity contribution in [3.05, 3.63) is 35.5 Å². The molecule has 0 aliphatic carbocycles. The molecule has 0 saturated carbocycles. The maximum absolute atomic E-state index is 10.3. The Morgan fingerprint density at radius 3 is 2.35 bits per heavy atom. The van der Waals surface area contributed by atoms with Crippen LogP contribution in [-0.2, 0) is 5.60 Å². The Hall–Kier alpha value is -1.28. The Kier molecular flexibility index (Phi) is 2.78. The van der Waals surface area contributed by atoms with E-state index < -0.39 is 5.60 Å². The van der Waals surface area contributed by atoms with Gasteiger partial charge >= 0.3 is 0 Å². The van der Waals surface area contributed by atoms with Crippen LogP contribution in [-0.4, -0.2) is 9.67 Å². The fourth-order valence-electron chi connectivity index (χ4n) is 2.36. The lowest BCUT2D eigenvalue weighted by molar-refractivity contribution is 0.0691. The Morgan fingerprint density at radius 1 is 1.18 bits per heavy atom. The molecule has 0 amide bonds. The fourth-order valence-corrected chi connectivity index (χ4v) is 2.36. The maximum Gasteiger partial charge on any atom is 0.0989 e. The normalized spacial score (nSPS) is 12.6. The second kappa shape index (κ2) is 3.88. The number of aliphatic hydroxyl groups is 1. The van der Waals surface area contributed by atoms with Gasteiger partial charge in [-0.05, 0) is 57.7 Å². The summed E-state index contributed by atoms with van der Waals surface area (Å²) < 4.78 is 2.22. The van der Waals surface area contributed by atoms with E-state index in [4.69, 9.17) is 0 Å². The van der Waals surface area contributed by atoms with Crippen molar-refractivity contribution in [2.45, 2.75) is 46.3 Å². The first-order valence-electron chi connectivity index (χ1n) is 6.15. The Morgan fingerprint density at radius 2 is 1.82 bits per heavy atom. The summed E-state index contributed by atoms with van der Waals surface area (Å²) >= 11 is 0. The highest BCUT2D eigenvalue weighted by molar-refractivity contribution is 5.82. The Labute approximate surface area is 103 Å². The van der Waals surface area contributed by atoms with Crippen LogP contribution in [0.4, 0.5) is 0 Å². The molecule has 1 aromatic carbocycles. The van der Waals surface area contributed by atoms with Gasteiger partial charge in [-0.3, -0.25) is 0 Å². The van der Waals surface area contributed by atoms with Gasteiger partial charge in [0, 0.05) is 11.6 Å². The van der Waals surface area contributed by atoms with Crippen LogP contribution in [0.5, 0.6) is 0 Å². The predicted octanol–water partition coefficient (Wildman–Crippen LogP) is 3.76. The largest absolute Gasteiger partial charge is 0.384 e. The summed E-state index contributed by atoms with van der Waals surface area (Å²) in [6.07, 6.45) is 0. The number of hydrogen-bond acceptors (Lipinski definition) is 1. The van der Waals surface area contributed by atoms with E-state index in [1.165, 1.54) is 16.5 Å². The van der Waals surface area contributed by atoms with Crippen LogP contribution in [0.25, 0.3) is 10.9 Å². The molecule has 0 aliphatic rings. The molecule has 0 saturated heterocycles. The van der Waals surface area contributed by atoms with Crippen molar-refractivity contribution in [1.82, 2.24) is 4.57 Å². The first kappa shape index (κ1) is 12.2. The molecule has 0 aliphatic heterocycles. The molecule has 0 atom stereocenters. The molecule has 0 radical (unpaired) electrons. The minimum atomic E-state index is -0.808. The lowest BCUT2D eigenvalue weighted by Gasteiger charge is -2.23. The van der Waals surface area contributed by atoms with E-state index in [9.17, 15) is 5.11 Å². The van der Waals surface area contributed by atoms with Gasteiger partial charge in [0.2, 0.25) is 0 Å². The average Bonchev–Trinajstić information content (AvgIpc) is 2.55. The SMILES string of the molecule is Cc1ccc2cc(C(C)(C)O)n(C(C)C)c2c1. The summed E-state index contributed by atoms with van der Waals surface area (Å²) in [6, 6.07) is 8.86. The highest BCUT2D eigenvalue weighted by Gasteiger charge is 2.23. The first-order chi connectivity index (χ1) is 7.80. The molecule has 2 rings (SSSR count). The molecular weight excluding hydrogens is 210 g/mol. The molecule has 1 N–H and O–H groups in total. The summed E-state index contributed by atoms with van der Waals surface area (Å²) in [5.74, 6) is 0. The lowest BCUT2D eigenvalue weighted by atomic mass is 10.1. The van der Waals surface area contributed by atoms with Gasteiger partial charge in [0.25, 0.3) is 0 Å². The van der Waals surface area contributed by atoms with Crippen molar-refractivity contribution in [1.29, 1.82) is 0 Å². The summed E-state index contributed by atoms with van der Waals surface area (Å²) in [4.78, 5) is 0. The molecule has 0 bridgehead atoms. The summed E-state index contributed by atoms with van der Waals surface area (Å²) in [5.41, 5.74) is 2.63. The maximum atomic E-state index is 10.3. The highest BCUT2D eigenvalue weighted by atomic mass is 16.3. The molecule has 92 valence electrons. The first-order valence-corrected chi connectivity index (χ1v) is 6.15. The average molecular weight is 231 g/mol. The van der Waals surface area contributed by atoms with E-state index >= 15 is 0 Å². The molecule has 1 aromatic heterocycles. The second-order valence-electron chi connectivity index (χ2n) is 5.61. The van der Waals surface area contributed by atoms with Crippen LogP contribution in [0.3, 0.4) is 0 Å². The zero-order valence-corrected chi connectivity index (χ0v) is 11.3. The third kappa shape index (κ3) is 2.09. The van der Waals surface area contributed by atoms with Crippen molar-refractivity contribution < 1.29 is 5.11 Å². The molecular formula is C15H21NO. The van der Waals surface area contributed by atoms with Gasteiger partial charge in [-0.15, -0.1) is 0 Å². The highest BCUT2D eigenvalue weighted by Crippen LogP contribution is 2.31. The topological polar surface area (TPSA) is 25.2 Å². The van der Waals surface area contributed by atoms with Crippen LogP contribution in [0, 0.1) is 6.92 Å². The van der Waals surface area contributed by atoms with Crippen LogP contribution in [0.1, 0.15) is 45.0 Å². The number of nitrogens with zero attached hydrogens (tertiary/aromatic N) is 1. The van der Waals surface area contributed by atoms with E-state index in [0.29, 0.717) is 6.04 Å². The number of aryl methyl sites for hydroxylation is 1. The molecule has 2 nitrogen and oxygen atoms in total. The van der Waals surface area contributed by atoms with Crippen LogP contribution in [0.15, 0.2) is 24.3 Å². The predicted molar refractivity (Wildman–Crippen MR) is 72.3 cm³/mol. The van der Waals surface area contributed by atoms with E-state index in [2.05, 4.69) is 49.6 Å². The van der Waals surface area contributed by atoms with Crippen molar-refractivity contribution >= 4 is 10.9 Å². The number of fused-ring (bicyclic) bond motifs is 1. The Bertz CT molecular complexity index is 544. The van der Waals surface area contributed by atoms with Gasteiger partial charge in [-0.25, -0.2) is 0 Å². The molecule has 0 spiro atoms. The van der Waals surface area contributed by atoms with Crippen LogP contribution in [0.2, 0.25) is 0 Å². The third-order valence-electron chi connectivity index (χ3n) is 3.14. The quantitative estimate of drug-likeness (QED) is 0.836. The molecule has 2 aromatic rings. The fraction of sp³-hybridized carbons (Fsp3) is 0.467. The van der Waals surface area contributed by atoms with Gasteiger partial charge in [0.1, 0.15) is 0 Å². The number of rotatable bonds is 2. The molecule has 17 heavy (non-hydrogen) atoms. The summed E-state index contributed by atoms with van der Waals surface area (Å²) in [7, 11) is 0. The van der Waals surface area contributed by atoms with E-state index in [-0.39, 0.29) is 0 Å². The monoisotopic (exact) mass is 231 g/mol. The van der Waals surface area contributed by atoms with E-state index in [1.807, 2.05) is 13.8 Å². The van der Waals surface area contributed by atoms with Gasteiger partial charge in [-0.1, -0.05) is 12.1 Å². The Balaban J connectivity index is 2.81. The molecule has 1 heterocycles. The van der Waals surface area contributed by atoms with Crippen molar-refractivity contribution in [2.75, 3.05) is 0 Å². The number of hydrogen-bond donors (Lipinski definition) is 1. The van der Waals surface area contributed by atoms with Gasteiger partial charge in [0.05, 0.1) is 11.3 Å². The smallest absolute Gasteiger partial charge is 0.0989 e. The van der Waals surface area contributed by atoms with E-state index in [1.54, 1.807) is 0 Å². The number of aromatic nitrogens is 1. The second-order valence-corrected chi connectivity index (χ2v) is 5.61. The zero-order valence-electron chi connectivity index (χ0n) is 11.3. The summed E-state index contributed by atoms with van der Waals surface area (Å²) in [5, 5.41) is 11.5. The van der Waals surface area contributed by atoms with Crippen molar-refractivity contribution in [2.24, 2.45) is 0 Å². The van der Waals surface area contributed by atoms with Crippen LogP contribution >= 0.6 is 0 Å². The molecule has 0 fully saturated rings. The van der Waals surface area contributed by atoms with Gasteiger partial charge < -0.3 is 9.67 Å². The van der Waals surface area contributed by atoms with E-state index in [0.717, 1.165) is 5.69 Å². The van der Waals surface area contributed by atoms with Crippen molar-refractivity contribution in [3.8, 4) is 0 Å². The minimum absolute atomic E-state index is 0.343. The molecule has 2 heteroatoms. The van der Waals surface area contributed by atoms with Gasteiger partial charge in [-0.2, -0.15) is 0 Å². The minimum Gasteiger partial charge on any atom is -0.384 e. The molecule has 0 unspecified atom stereocenters. The van der Waals surface area contributed by atoms with Crippen LogP contribution < -0.4 is 0 Å². The van der Waals surface area contributed by atoms with Gasteiger partial charge in [0.15, 0.2) is 0 Å². The third-order valence-corrected chi connectivity index (χ3v) is 3.14. The summed E-state index contributed by atoms with van der Waals surface area (Å²) in [6.45, 7) is 10.1. The van der Waals surface area contributed by atoms with Crippen molar-refractivity contribution in [3.63, 3.8) is 0 Å².